The van der Waals surface area contributed by atoms with E-state index in [1.54, 1.807) is 24.4 Å². The third kappa shape index (κ3) is 3.13. The molecule has 0 atom stereocenters. The first-order chi connectivity index (χ1) is 8.65. The summed E-state index contributed by atoms with van der Waals surface area (Å²) in [6.07, 6.45) is 1.55. The lowest BCUT2D eigenvalue weighted by atomic mass is 10.2. The minimum atomic E-state index is -0.319. The van der Waals surface area contributed by atoms with Crippen molar-refractivity contribution >= 4 is 11.9 Å². The molecule has 0 aliphatic carbocycles. The predicted molar refractivity (Wildman–Crippen MR) is 68.8 cm³/mol. The van der Waals surface area contributed by atoms with Crippen molar-refractivity contribution in [2.75, 3.05) is 5.43 Å². The molecule has 0 fully saturated rings. The fourth-order valence-electron chi connectivity index (χ4n) is 1.44. The molecule has 0 bridgehead atoms. The van der Waals surface area contributed by atoms with E-state index in [-0.39, 0.29) is 11.6 Å². The first-order valence-electron chi connectivity index (χ1n) is 5.46. The summed E-state index contributed by atoms with van der Waals surface area (Å²) in [4.78, 5) is 0. The van der Waals surface area contributed by atoms with Crippen LogP contribution in [0, 0.1) is 18.6 Å². The number of rotatable bonds is 3. The molecule has 2 nitrogen and oxygen atoms in total. The molecule has 2 rings (SSSR count). The number of aryl methyl sites for hydroxylation is 1. The maximum absolute atomic E-state index is 13.0. The number of hydrazone groups is 1. The van der Waals surface area contributed by atoms with Gasteiger partial charge < -0.3 is 0 Å². The molecule has 0 radical (unpaired) electrons. The molecule has 0 unspecified atom stereocenters. The lowest BCUT2D eigenvalue weighted by Gasteiger charge is -2.04. The fourth-order valence-corrected chi connectivity index (χ4v) is 1.44. The van der Waals surface area contributed by atoms with Crippen molar-refractivity contribution in [1.82, 2.24) is 0 Å². The number of halogens is 2. The Kier molecular flexibility index (Phi) is 3.67. The van der Waals surface area contributed by atoms with Gasteiger partial charge in [-0.1, -0.05) is 18.2 Å². The first-order valence-corrected chi connectivity index (χ1v) is 5.46. The van der Waals surface area contributed by atoms with Crippen molar-refractivity contribution < 1.29 is 8.78 Å². The summed E-state index contributed by atoms with van der Waals surface area (Å²) in [5.74, 6) is -0.610. The molecule has 18 heavy (non-hydrogen) atoms. The van der Waals surface area contributed by atoms with E-state index in [0.29, 0.717) is 5.69 Å². The van der Waals surface area contributed by atoms with Gasteiger partial charge in [0.1, 0.15) is 11.6 Å². The highest BCUT2D eigenvalue weighted by Crippen LogP contribution is 2.15. The van der Waals surface area contributed by atoms with Gasteiger partial charge in [-0.15, -0.1) is 0 Å². The Hall–Kier alpha value is -2.23. The maximum Gasteiger partial charge on any atom is 0.125 e. The van der Waals surface area contributed by atoms with Gasteiger partial charge >= 0.3 is 0 Å². The summed E-state index contributed by atoms with van der Waals surface area (Å²) < 4.78 is 25.7. The Bertz CT molecular complexity index is 563. The zero-order valence-electron chi connectivity index (χ0n) is 9.82. The van der Waals surface area contributed by atoms with E-state index < -0.39 is 0 Å². The number of nitrogens with zero attached hydrogens (tertiary/aromatic N) is 1. The minimum Gasteiger partial charge on any atom is -0.278 e. The van der Waals surface area contributed by atoms with Gasteiger partial charge in [0, 0.05) is 0 Å². The van der Waals surface area contributed by atoms with Crippen LogP contribution in [-0.2, 0) is 0 Å². The van der Waals surface area contributed by atoms with Crippen LogP contribution in [0.25, 0.3) is 0 Å². The van der Waals surface area contributed by atoms with Crippen molar-refractivity contribution in [2.24, 2.45) is 5.10 Å². The van der Waals surface area contributed by atoms with Crippen LogP contribution < -0.4 is 5.43 Å². The smallest absolute Gasteiger partial charge is 0.125 e. The van der Waals surface area contributed by atoms with Crippen molar-refractivity contribution in [2.45, 2.75) is 6.92 Å². The zero-order chi connectivity index (χ0) is 13.0. The Morgan fingerprint density at radius 2 is 1.67 bits per heavy atom. The standard InChI is InChI=1S/C14H12F2N2/c1-10-2-5-13(16)8-14(10)18-17-9-11-3-6-12(15)7-4-11/h2-9,18H,1H3/b17-9+. The summed E-state index contributed by atoms with van der Waals surface area (Å²) in [5.41, 5.74) is 5.02. The van der Waals surface area contributed by atoms with Crippen molar-refractivity contribution in [3.05, 3.63) is 65.2 Å². The molecule has 0 aliphatic heterocycles. The highest BCUT2D eigenvalue weighted by atomic mass is 19.1. The lowest BCUT2D eigenvalue weighted by Crippen LogP contribution is -1.94. The van der Waals surface area contributed by atoms with Gasteiger partial charge in [0.25, 0.3) is 0 Å². The van der Waals surface area contributed by atoms with Gasteiger partial charge in [-0.2, -0.15) is 5.10 Å². The summed E-state index contributed by atoms with van der Waals surface area (Å²) in [5, 5.41) is 3.98. The van der Waals surface area contributed by atoms with Gasteiger partial charge in [0.2, 0.25) is 0 Å². The average Bonchev–Trinajstić information content (AvgIpc) is 2.36. The molecule has 92 valence electrons. The normalized spacial score (nSPS) is 10.8. The molecule has 0 saturated carbocycles. The van der Waals surface area contributed by atoms with Crippen LogP contribution in [0.4, 0.5) is 14.5 Å². The minimum absolute atomic E-state index is 0.291. The SMILES string of the molecule is Cc1ccc(F)cc1N/N=C/c1ccc(F)cc1. The van der Waals surface area contributed by atoms with Crippen molar-refractivity contribution in [3.8, 4) is 0 Å². The molecule has 0 spiro atoms. The van der Waals surface area contributed by atoms with Gasteiger partial charge in [0.05, 0.1) is 11.9 Å². The summed E-state index contributed by atoms with van der Waals surface area (Å²) in [7, 11) is 0. The van der Waals surface area contributed by atoms with Crippen LogP contribution in [0.2, 0.25) is 0 Å². The molecule has 0 aromatic heterocycles. The second-order valence-corrected chi connectivity index (χ2v) is 3.88. The van der Waals surface area contributed by atoms with E-state index in [2.05, 4.69) is 10.5 Å². The quantitative estimate of drug-likeness (QED) is 0.647. The maximum atomic E-state index is 13.0. The molecule has 4 heteroatoms. The Labute approximate surface area is 104 Å². The first kappa shape index (κ1) is 12.2. The van der Waals surface area contributed by atoms with Gasteiger partial charge in [-0.3, -0.25) is 5.43 Å². The number of benzene rings is 2. The van der Waals surface area contributed by atoms with Gasteiger partial charge in [-0.05, 0) is 42.3 Å². The van der Waals surface area contributed by atoms with Crippen molar-refractivity contribution in [3.63, 3.8) is 0 Å². The molecule has 2 aromatic carbocycles. The summed E-state index contributed by atoms with van der Waals surface area (Å²) in [6.45, 7) is 1.86. The van der Waals surface area contributed by atoms with E-state index in [9.17, 15) is 8.78 Å². The highest BCUT2D eigenvalue weighted by Gasteiger charge is 1.98. The van der Waals surface area contributed by atoms with Crippen molar-refractivity contribution in [1.29, 1.82) is 0 Å². The van der Waals surface area contributed by atoms with Crippen LogP contribution in [-0.4, -0.2) is 6.21 Å². The van der Waals surface area contributed by atoms with E-state index >= 15 is 0 Å². The number of nitrogens with one attached hydrogen (secondary N) is 1. The Morgan fingerprint density at radius 1 is 1.00 bits per heavy atom. The van der Waals surface area contributed by atoms with Crippen LogP contribution in [0.15, 0.2) is 47.6 Å². The monoisotopic (exact) mass is 246 g/mol. The number of hydrogen-bond donors (Lipinski definition) is 1. The molecule has 1 N–H and O–H groups in total. The molecule has 0 heterocycles. The van der Waals surface area contributed by atoms with Crippen LogP contribution in [0.3, 0.4) is 0 Å². The summed E-state index contributed by atoms with van der Waals surface area (Å²) in [6, 6.07) is 10.4. The predicted octanol–water partition coefficient (Wildman–Crippen LogP) is 3.72. The molecule has 0 saturated heterocycles. The van der Waals surface area contributed by atoms with E-state index in [1.807, 2.05) is 6.92 Å². The number of anilines is 1. The molecule has 0 aliphatic rings. The second-order valence-electron chi connectivity index (χ2n) is 3.88. The molecular formula is C14H12F2N2. The lowest BCUT2D eigenvalue weighted by molar-refractivity contribution is 0.627. The molecular weight excluding hydrogens is 234 g/mol. The Balaban J connectivity index is 2.07. The molecule has 0 amide bonds. The second kappa shape index (κ2) is 5.40. The average molecular weight is 246 g/mol. The third-order valence-corrected chi connectivity index (χ3v) is 2.47. The number of hydrogen-bond acceptors (Lipinski definition) is 2. The Morgan fingerprint density at radius 3 is 2.39 bits per heavy atom. The van der Waals surface area contributed by atoms with E-state index in [0.717, 1.165) is 11.1 Å². The third-order valence-electron chi connectivity index (χ3n) is 2.47. The van der Waals surface area contributed by atoms with Crippen LogP contribution >= 0.6 is 0 Å². The van der Waals surface area contributed by atoms with Gasteiger partial charge in [0.15, 0.2) is 0 Å². The zero-order valence-corrected chi connectivity index (χ0v) is 9.82. The largest absolute Gasteiger partial charge is 0.278 e. The highest BCUT2D eigenvalue weighted by molar-refractivity contribution is 5.80. The van der Waals surface area contributed by atoms with Crippen LogP contribution in [0.1, 0.15) is 11.1 Å². The fraction of sp³-hybridized carbons (Fsp3) is 0.0714. The molecule has 2 aromatic rings. The van der Waals surface area contributed by atoms with E-state index in [4.69, 9.17) is 0 Å². The van der Waals surface area contributed by atoms with Crippen LogP contribution in [0.5, 0.6) is 0 Å². The summed E-state index contributed by atoms with van der Waals surface area (Å²) >= 11 is 0. The topological polar surface area (TPSA) is 24.4 Å². The van der Waals surface area contributed by atoms with Gasteiger partial charge in [-0.25, -0.2) is 8.78 Å². The van der Waals surface area contributed by atoms with E-state index in [1.165, 1.54) is 24.3 Å².